The van der Waals surface area contributed by atoms with Gasteiger partial charge in [0.05, 0.1) is 40.5 Å². The lowest BCUT2D eigenvalue weighted by Crippen LogP contribution is -2.34. The molecule has 5 rings (SSSR count). The van der Waals surface area contributed by atoms with Crippen molar-refractivity contribution in [1.82, 2.24) is 5.16 Å². The highest BCUT2D eigenvalue weighted by Crippen LogP contribution is 2.44. The molecular weight excluding hydrogens is 465 g/mol. The molecule has 10 heteroatoms. The maximum absolute atomic E-state index is 13.9. The number of nitrogens with zero attached hydrogens (tertiary/aromatic N) is 3. The van der Waals surface area contributed by atoms with E-state index in [-0.39, 0.29) is 17.8 Å². The zero-order chi connectivity index (χ0) is 23.9. The highest BCUT2D eigenvalue weighted by Gasteiger charge is 2.37. The monoisotopic (exact) mass is 486 g/mol. The van der Waals surface area contributed by atoms with Crippen LogP contribution in [0.3, 0.4) is 0 Å². The van der Waals surface area contributed by atoms with Crippen LogP contribution in [0.25, 0.3) is 11.3 Å². The molecule has 6 nitrogen and oxygen atoms in total. The molecular formula is C24H21F3N4O2S. The largest absolute Gasteiger partial charge is 0.418 e. The van der Waals surface area contributed by atoms with Gasteiger partial charge in [0.1, 0.15) is 0 Å². The van der Waals surface area contributed by atoms with Crippen molar-refractivity contribution in [3.05, 3.63) is 59.3 Å². The maximum atomic E-state index is 13.9. The molecule has 2 aromatic carbocycles. The summed E-state index contributed by atoms with van der Waals surface area (Å²) >= 11 is 1.72. The van der Waals surface area contributed by atoms with Gasteiger partial charge in [-0.2, -0.15) is 24.9 Å². The molecule has 0 saturated carbocycles. The minimum absolute atomic E-state index is 0.0597. The molecule has 2 aliphatic rings. The number of aryl methyl sites for hydroxylation is 1. The predicted molar refractivity (Wildman–Crippen MR) is 127 cm³/mol. The number of alkyl halides is 3. The van der Waals surface area contributed by atoms with Crippen LogP contribution in [0.2, 0.25) is 0 Å². The maximum Gasteiger partial charge on any atom is 0.418 e. The normalized spacial score (nSPS) is 16.5. The molecule has 0 spiro atoms. The first-order chi connectivity index (χ1) is 16.3. The van der Waals surface area contributed by atoms with E-state index in [0.717, 1.165) is 28.8 Å². The summed E-state index contributed by atoms with van der Waals surface area (Å²) in [7, 11) is 0. The van der Waals surface area contributed by atoms with Gasteiger partial charge in [-0.3, -0.25) is 9.79 Å². The van der Waals surface area contributed by atoms with E-state index in [4.69, 9.17) is 4.52 Å². The second-order valence-electron chi connectivity index (χ2n) is 8.18. The topological polar surface area (TPSA) is 70.7 Å². The number of thioether (sulfide) groups is 1. The SMILES string of the molecule is Cc1cc(-c2cccc(C3=Nc4cc(N5CCSCC5)c(C(F)(F)F)cc4NC(=O)C3)c2)on1. The van der Waals surface area contributed by atoms with Crippen molar-refractivity contribution in [1.29, 1.82) is 0 Å². The molecule has 0 atom stereocenters. The van der Waals surface area contributed by atoms with Crippen LogP contribution in [-0.2, 0) is 11.0 Å². The summed E-state index contributed by atoms with van der Waals surface area (Å²) in [6.07, 6.45) is -4.62. The smallest absolute Gasteiger partial charge is 0.369 e. The van der Waals surface area contributed by atoms with Gasteiger partial charge in [0.2, 0.25) is 5.91 Å². The van der Waals surface area contributed by atoms with E-state index in [1.165, 1.54) is 6.07 Å². The molecule has 0 radical (unpaired) electrons. The van der Waals surface area contributed by atoms with E-state index in [0.29, 0.717) is 35.8 Å². The fraction of sp³-hybridized carbons (Fsp3) is 0.292. The number of amides is 1. The second-order valence-corrected chi connectivity index (χ2v) is 9.41. The lowest BCUT2D eigenvalue weighted by Gasteiger charge is -2.31. The number of aliphatic imine (C=N–C) groups is 1. The Balaban J connectivity index is 1.61. The Hall–Kier alpha value is -3.27. The van der Waals surface area contributed by atoms with Crippen molar-refractivity contribution in [2.45, 2.75) is 19.5 Å². The molecule has 176 valence electrons. The number of hydrogen-bond donors (Lipinski definition) is 1. The van der Waals surface area contributed by atoms with Gasteiger partial charge in [0, 0.05) is 36.2 Å². The predicted octanol–water partition coefficient (Wildman–Crippen LogP) is 5.69. The molecule has 2 aliphatic heterocycles. The van der Waals surface area contributed by atoms with Crippen molar-refractivity contribution in [3.63, 3.8) is 0 Å². The molecule has 1 N–H and O–H groups in total. The number of fused-ring (bicyclic) bond motifs is 1. The average molecular weight is 487 g/mol. The Kier molecular flexibility index (Phi) is 5.85. The van der Waals surface area contributed by atoms with E-state index in [2.05, 4.69) is 15.5 Å². The van der Waals surface area contributed by atoms with E-state index >= 15 is 0 Å². The zero-order valence-corrected chi connectivity index (χ0v) is 19.1. The first-order valence-corrected chi connectivity index (χ1v) is 11.9. The fourth-order valence-corrected chi connectivity index (χ4v) is 5.02. The Labute approximate surface area is 198 Å². The number of carbonyl (C=O) groups is 1. The standard InChI is InChI=1S/C24H21F3N4O2S/c1-14-9-22(33-30-14)16-4-2-3-15(10-16)18-13-23(32)29-19-11-17(24(25,26)27)21(12-20(19)28-18)31-5-7-34-8-6-31/h2-4,9-12H,5-8,13H2,1H3,(H,29,32). The first-order valence-electron chi connectivity index (χ1n) is 10.8. The number of aromatic nitrogens is 1. The van der Waals surface area contributed by atoms with Crippen molar-refractivity contribution >= 4 is 40.4 Å². The molecule has 34 heavy (non-hydrogen) atoms. The van der Waals surface area contributed by atoms with Gasteiger partial charge in [0.15, 0.2) is 5.76 Å². The van der Waals surface area contributed by atoms with Gasteiger partial charge in [0.25, 0.3) is 0 Å². The lowest BCUT2D eigenvalue weighted by molar-refractivity contribution is -0.137. The number of rotatable bonds is 3. The van der Waals surface area contributed by atoms with Crippen molar-refractivity contribution in [2.75, 3.05) is 34.8 Å². The molecule has 1 fully saturated rings. The summed E-state index contributed by atoms with van der Waals surface area (Å²) < 4.78 is 47.1. The Bertz CT molecular complexity index is 1280. The van der Waals surface area contributed by atoms with Crippen LogP contribution >= 0.6 is 11.8 Å². The number of benzene rings is 2. The molecule has 0 bridgehead atoms. The molecule has 1 aromatic heterocycles. The summed E-state index contributed by atoms with van der Waals surface area (Å²) in [5.41, 5.74) is 2.36. The van der Waals surface area contributed by atoms with Gasteiger partial charge < -0.3 is 14.7 Å². The van der Waals surface area contributed by atoms with Gasteiger partial charge in [-0.25, -0.2) is 0 Å². The zero-order valence-electron chi connectivity index (χ0n) is 18.3. The van der Waals surface area contributed by atoms with Crippen LogP contribution in [0.4, 0.5) is 30.2 Å². The third kappa shape index (κ3) is 4.54. The van der Waals surface area contributed by atoms with Crippen LogP contribution in [0.1, 0.15) is 23.2 Å². The van der Waals surface area contributed by atoms with Crippen LogP contribution in [0.5, 0.6) is 0 Å². The van der Waals surface area contributed by atoms with Crippen molar-refractivity contribution < 1.29 is 22.5 Å². The number of carbonyl (C=O) groups excluding carboxylic acids is 1. The molecule has 0 aliphatic carbocycles. The first kappa shape index (κ1) is 22.5. The lowest BCUT2D eigenvalue weighted by atomic mass is 10.0. The van der Waals surface area contributed by atoms with Crippen LogP contribution in [-0.4, -0.2) is 41.4 Å². The molecule has 3 heterocycles. The van der Waals surface area contributed by atoms with Crippen LogP contribution < -0.4 is 10.2 Å². The van der Waals surface area contributed by atoms with Crippen molar-refractivity contribution in [2.24, 2.45) is 4.99 Å². The summed E-state index contributed by atoms with van der Waals surface area (Å²) in [6, 6.07) is 11.6. The molecule has 1 saturated heterocycles. The Morgan fingerprint density at radius 2 is 1.85 bits per heavy atom. The third-order valence-electron chi connectivity index (χ3n) is 5.74. The summed E-state index contributed by atoms with van der Waals surface area (Å²) in [4.78, 5) is 19.0. The quantitative estimate of drug-likeness (QED) is 0.515. The molecule has 0 unspecified atom stereocenters. The fourth-order valence-electron chi connectivity index (χ4n) is 4.11. The minimum atomic E-state index is -4.55. The van der Waals surface area contributed by atoms with Gasteiger partial charge in [-0.1, -0.05) is 23.4 Å². The van der Waals surface area contributed by atoms with E-state index in [1.807, 2.05) is 31.2 Å². The summed E-state index contributed by atoms with van der Waals surface area (Å²) in [5, 5.41) is 6.52. The highest BCUT2D eigenvalue weighted by molar-refractivity contribution is 7.99. The van der Waals surface area contributed by atoms with Crippen LogP contribution in [0, 0.1) is 6.92 Å². The number of nitrogens with one attached hydrogen (secondary N) is 1. The second kappa shape index (κ2) is 8.83. The summed E-state index contributed by atoms with van der Waals surface area (Å²) in [6.45, 7) is 2.86. The number of hydrogen-bond acceptors (Lipinski definition) is 6. The molecule has 3 aromatic rings. The average Bonchev–Trinajstić information content (AvgIpc) is 3.18. The minimum Gasteiger partial charge on any atom is -0.369 e. The third-order valence-corrected chi connectivity index (χ3v) is 6.68. The van der Waals surface area contributed by atoms with E-state index in [9.17, 15) is 18.0 Å². The van der Waals surface area contributed by atoms with Gasteiger partial charge >= 0.3 is 6.18 Å². The summed E-state index contributed by atoms with van der Waals surface area (Å²) in [5.74, 6) is 1.67. The van der Waals surface area contributed by atoms with E-state index < -0.39 is 17.6 Å². The van der Waals surface area contributed by atoms with Crippen LogP contribution in [0.15, 0.2) is 52.0 Å². The number of halogens is 3. The van der Waals surface area contributed by atoms with Crippen molar-refractivity contribution in [3.8, 4) is 11.3 Å². The number of anilines is 2. The van der Waals surface area contributed by atoms with E-state index in [1.54, 1.807) is 22.7 Å². The van der Waals surface area contributed by atoms with Gasteiger partial charge in [-0.05, 0) is 30.7 Å². The Morgan fingerprint density at radius 1 is 1.09 bits per heavy atom. The van der Waals surface area contributed by atoms with Gasteiger partial charge in [-0.15, -0.1) is 0 Å². The highest BCUT2D eigenvalue weighted by atomic mass is 32.2. The Morgan fingerprint density at radius 3 is 2.56 bits per heavy atom. The molecule has 1 amide bonds.